The summed E-state index contributed by atoms with van der Waals surface area (Å²) >= 11 is 3.39. The first kappa shape index (κ1) is 15.2. The van der Waals surface area contributed by atoms with Crippen LogP contribution in [0.15, 0.2) is 28.7 Å². The molecule has 21 heavy (non-hydrogen) atoms. The van der Waals surface area contributed by atoms with Gasteiger partial charge in [-0.15, -0.1) is 0 Å². The lowest BCUT2D eigenvalue weighted by Crippen LogP contribution is -2.13. The summed E-state index contributed by atoms with van der Waals surface area (Å²) in [5.41, 5.74) is 15.1. The lowest BCUT2D eigenvalue weighted by Gasteiger charge is -2.14. The molecule has 0 spiro atoms. The molecule has 7 N–H and O–H groups in total. The van der Waals surface area contributed by atoms with Crippen LogP contribution in [0.1, 0.15) is 5.56 Å². The van der Waals surface area contributed by atoms with Gasteiger partial charge in [-0.3, -0.25) is 0 Å². The molecule has 0 saturated carbocycles. The molecule has 1 heterocycles. The van der Waals surface area contributed by atoms with Gasteiger partial charge >= 0.3 is 0 Å². The van der Waals surface area contributed by atoms with E-state index in [4.69, 9.17) is 26.8 Å². The van der Waals surface area contributed by atoms with E-state index in [9.17, 15) is 0 Å². The predicted octanol–water partition coefficient (Wildman–Crippen LogP) is 1.88. The van der Waals surface area contributed by atoms with Crippen LogP contribution in [0.5, 0.6) is 11.5 Å². The van der Waals surface area contributed by atoms with E-state index in [1.807, 2.05) is 18.2 Å². The molecule has 0 aliphatic heterocycles. The van der Waals surface area contributed by atoms with Crippen molar-refractivity contribution in [3.8, 4) is 11.5 Å². The van der Waals surface area contributed by atoms with Crippen molar-refractivity contribution < 1.29 is 9.47 Å². The highest BCUT2D eigenvalue weighted by molar-refractivity contribution is 9.10. The van der Waals surface area contributed by atoms with Crippen molar-refractivity contribution in [3.63, 3.8) is 0 Å². The monoisotopic (exact) mass is 353 g/mol. The van der Waals surface area contributed by atoms with Crippen LogP contribution in [-0.2, 0) is 6.61 Å². The van der Waals surface area contributed by atoms with Crippen molar-refractivity contribution >= 4 is 33.3 Å². The Morgan fingerprint density at radius 2 is 2.00 bits per heavy atom. The van der Waals surface area contributed by atoms with Crippen LogP contribution in [0.3, 0.4) is 0 Å². The summed E-state index contributed by atoms with van der Waals surface area (Å²) in [7, 11) is 1.60. The molecular formula is C13H16BrN5O2. The average Bonchev–Trinajstić information content (AvgIpc) is 2.48. The van der Waals surface area contributed by atoms with Crippen molar-refractivity contribution in [2.75, 3.05) is 24.0 Å². The Labute approximate surface area is 130 Å². The van der Waals surface area contributed by atoms with Crippen molar-refractivity contribution in [3.05, 3.63) is 34.3 Å². The van der Waals surface area contributed by atoms with Gasteiger partial charge in [0, 0.05) is 16.1 Å². The number of nitrogens with two attached hydrogens (primary N) is 3. The summed E-state index contributed by atoms with van der Waals surface area (Å²) in [6.07, 6.45) is 0. The molecule has 0 radical (unpaired) electrons. The zero-order valence-electron chi connectivity index (χ0n) is 11.4. The molecule has 0 saturated heterocycles. The van der Waals surface area contributed by atoms with Gasteiger partial charge in [-0.05, 0) is 12.1 Å². The molecular weight excluding hydrogens is 338 g/mol. The van der Waals surface area contributed by atoms with Gasteiger partial charge in [0.25, 0.3) is 0 Å². The number of methoxy groups -OCH3 is 1. The summed E-state index contributed by atoms with van der Waals surface area (Å²) in [6, 6.07) is 7.20. The van der Waals surface area contributed by atoms with Crippen molar-refractivity contribution in [2.45, 2.75) is 6.61 Å². The Bertz CT molecular complexity index is 651. The van der Waals surface area contributed by atoms with E-state index in [-0.39, 0.29) is 18.2 Å². The molecule has 2 aromatic rings. The quantitative estimate of drug-likeness (QED) is 0.478. The standard InChI is InChI=1S/C13H16BrN5O2/c1-20-9-4-8(14)3-2-7(9)6-21-10-5-11(15)18-13(19-17)12(10)16/h2-5H,6,16-17H2,1H3,(H3,15,18,19). The summed E-state index contributed by atoms with van der Waals surface area (Å²) in [4.78, 5) is 3.96. The van der Waals surface area contributed by atoms with Crippen LogP contribution in [-0.4, -0.2) is 12.1 Å². The third kappa shape index (κ3) is 3.47. The molecule has 1 aromatic carbocycles. The molecule has 0 bridgehead atoms. The Hall–Kier alpha value is -2.19. The van der Waals surface area contributed by atoms with E-state index < -0.39 is 0 Å². The lowest BCUT2D eigenvalue weighted by molar-refractivity contribution is 0.298. The van der Waals surface area contributed by atoms with E-state index in [1.165, 1.54) is 0 Å². The highest BCUT2D eigenvalue weighted by Crippen LogP contribution is 2.31. The molecule has 0 unspecified atom stereocenters. The summed E-state index contributed by atoms with van der Waals surface area (Å²) < 4.78 is 11.9. The first-order valence-corrected chi connectivity index (χ1v) is 6.82. The predicted molar refractivity (Wildman–Crippen MR) is 85.9 cm³/mol. The fourth-order valence-electron chi connectivity index (χ4n) is 1.77. The smallest absolute Gasteiger partial charge is 0.169 e. The minimum Gasteiger partial charge on any atom is -0.496 e. The largest absolute Gasteiger partial charge is 0.496 e. The lowest BCUT2D eigenvalue weighted by atomic mass is 10.2. The first-order valence-electron chi connectivity index (χ1n) is 6.03. The van der Waals surface area contributed by atoms with Gasteiger partial charge in [0.1, 0.15) is 29.6 Å². The second kappa shape index (κ2) is 6.51. The average molecular weight is 354 g/mol. The molecule has 8 heteroatoms. The van der Waals surface area contributed by atoms with E-state index in [2.05, 4.69) is 26.3 Å². The molecule has 7 nitrogen and oxygen atoms in total. The number of ether oxygens (including phenoxy) is 2. The summed E-state index contributed by atoms with van der Waals surface area (Å²) in [5, 5.41) is 0. The van der Waals surface area contributed by atoms with E-state index in [0.29, 0.717) is 17.2 Å². The minimum atomic E-state index is 0.259. The number of hydrogen-bond acceptors (Lipinski definition) is 7. The van der Waals surface area contributed by atoms with Crippen molar-refractivity contribution in [2.24, 2.45) is 5.84 Å². The van der Waals surface area contributed by atoms with Gasteiger partial charge in [-0.25, -0.2) is 10.8 Å². The van der Waals surface area contributed by atoms with Crippen LogP contribution in [0.25, 0.3) is 0 Å². The normalized spacial score (nSPS) is 10.2. The molecule has 1 aromatic heterocycles. The highest BCUT2D eigenvalue weighted by Gasteiger charge is 2.11. The zero-order chi connectivity index (χ0) is 15.4. The van der Waals surface area contributed by atoms with Gasteiger partial charge in [-0.2, -0.15) is 0 Å². The third-order valence-electron chi connectivity index (χ3n) is 2.81. The SMILES string of the molecule is COc1cc(Br)ccc1COc1cc(N)nc(NN)c1N. The number of halogens is 1. The Morgan fingerprint density at radius 3 is 2.67 bits per heavy atom. The maximum atomic E-state index is 5.90. The molecule has 2 rings (SSSR count). The molecule has 0 amide bonds. The number of benzene rings is 1. The van der Waals surface area contributed by atoms with Gasteiger partial charge < -0.3 is 26.4 Å². The highest BCUT2D eigenvalue weighted by atomic mass is 79.9. The van der Waals surface area contributed by atoms with Gasteiger partial charge in [0.05, 0.1) is 7.11 Å². The number of rotatable bonds is 5. The molecule has 0 aliphatic rings. The Kier molecular flexibility index (Phi) is 4.71. The Balaban J connectivity index is 2.22. The maximum Gasteiger partial charge on any atom is 0.169 e. The second-order valence-electron chi connectivity index (χ2n) is 4.20. The number of nitrogens with zero attached hydrogens (tertiary/aromatic N) is 1. The van der Waals surface area contributed by atoms with Crippen LogP contribution >= 0.6 is 15.9 Å². The number of pyridine rings is 1. The van der Waals surface area contributed by atoms with Gasteiger partial charge in [0.2, 0.25) is 0 Å². The fraction of sp³-hybridized carbons (Fsp3) is 0.154. The third-order valence-corrected chi connectivity index (χ3v) is 3.30. The van der Waals surface area contributed by atoms with Gasteiger partial charge in [-0.1, -0.05) is 22.0 Å². The number of nitrogen functional groups attached to an aromatic ring is 3. The topological polar surface area (TPSA) is 121 Å². The number of nitrogens with one attached hydrogen (secondary N) is 1. The van der Waals surface area contributed by atoms with Crippen LogP contribution in [0.4, 0.5) is 17.3 Å². The van der Waals surface area contributed by atoms with E-state index in [0.717, 1.165) is 10.0 Å². The summed E-state index contributed by atoms with van der Waals surface area (Å²) in [5.74, 6) is 6.97. The van der Waals surface area contributed by atoms with Crippen LogP contribution in [0, 0.1) is 0 Å². The van der Waals surface area contributed by atoms with Crippen LogP contribution in [0.2, 0.25) is 0 Å². The Morgan fingerprint density at radius 1 is 1.24 bits per heavy atom. The van der Waals surface area contributed by atoms with Crippen LogP contribution < -0.4 is 32.2 Å². The minimum absolute atomic E-state index is 0.259. The zero-order valence-corrected chi connectivity index (χ0v) is 13.0. The number of aromatic nitrogens is 1. The number of hydrogen-bond donors (Lipinski definition) is 4. The van der Waals surface area contributed by atoms with E-state index >= 15 is 0 Å². The second-order valence-corrected chi connectivity index (χ2v) is 5.11. The van der Waals surface area contributed by atoms with Crippen molar-refractivity contribution in [1.82, 2.24) is 4.98 Å². The fourth-order valence-corrected chi connectivity index (χ4v) is 2.11. The number of anilines is 3. The number of hydrazine groups is 1. The maximum absolute atomic E-state index is 5.90. The van der Waals surface area contributed by atoms with Crippen molar-refractivity contribution in [1.29, 1.82) is 0 Å². The summed E-state index contributed by atoms with van der Waals surface area (Å²) in [6.45, 7) is 0.272. The molecule has 0 atom stereocenters. The van der Waals surface area contributed by atoms with E-state index in [1.54, 1.807) is 13.2 Å². The molecule has 112 valence electrons. The molecule has 0 fully saturated rings. The first-order chi connectivity index (χ1) is 10.0. The van der Waals surface area contributed by atoms with Gasteiger partial charge in [0.15, 0.2) is 5.82 Å². The molecule has 0 aliphatic carbocycles.